The van der Waals surface area contributed by atoms with Gasteiger partial charge in [-0.15, -0.1) is 0 Å². The van der Waals surface area contributed by atoms with Crippen LogP contribution in [0.3, 0.4) is 0 Å². The molecule has 0 aromatic heterocycles. The van der Waals surface area contributed by atoms with E-state index < -0.39 is 5.97 Å². The molecule has 136 valence electrons. The quantitative estimate of drug-likeness (QED) is 0.811. The number of carboxylic acid groups (broad SMARTS) is 1. The van der Waals surface area contributed by atoms with Gasteiger partial charge in [0, 0.05) is 12.0 Å². The Morgan fingerprint density at radius 1 is 0.667 bits per heavy atom. The number of amides is 1. The summed E-state index contributed by atoms with van der Waals surface area (Å²) in [5.41, 5.74) is 0. The van der Waals surface area contributed by atoms with E-state index in [0.717, 1.165) is 64.2 Å². The van der Waals surface area contributed by atoms with Crippen molar-refractivity contribution in [2.24, 2.45) is 23.7 Å². The Kier molecular flexibility index (Phi) is 6.18. The molecule has 0 bridgehead atoms. The Bertz CT molecular complexity index is 444. The first-order chi connectivity index (χ1) is 11.7. The summed E-state index contributed by atoms with van der Waals surface area (Å²) in [6, 6.07) is 0.357. The van der Waals surface area contributed by atoms with Gasteiger partial charge in [0.25, 0.3) is 0 Å². The number of hydrogen-bond donors (Lipinski definition) is 2. The van der Waals surface area contributed by atoms with Crippen molar-refractivity contribution in [2.75, 3.05) is 0 Å². The van der Waals surface area contributed by atoms with Crippen molar-refractivity contribution in [1.82, 2.24) is 5.32 Å². The zero-order chi connectivity index (χ0) is 16.9. The van der Waals surface area contributed by atoms with Crippen LogP contribution in [0.25, 0.3) is 0 Å². The zero-order valence-corrected chi connectivity index (χ0v) is 14.8. The molecular weight excluding hydrogens is 302 g/mol. The molecule has 0 saturated heterocycles. The minimum atomic E-state index is -0.642. The highest BCUT2D eigenvalue weighted by molar-refractivity contribution is 5.79. The van der Waals surface area contributed by atoms with Gasteiger partial charge in [-0.3, -0.25) is 9.59 Å². The lowest BCUT2D eigenvalue weighted by Crippen LogP contribution is -2.46. The van der Waals surface area contributed by atoms with Crippen LogP contribution in [0.4, 0.5) is 0 Å². The molecule has 3 aliphatic rings. The standard InChI is InChI=1S/C20H33NO3/c22-19(21-14-8-2-1-3-9-14)17-12-6-4-10-15(17)16-11-5-7-13-18(16)20(23)24/h14-18H,1-13H2,(H,21,22)(H,23,24). The van der Waals surface area contributed by atoms with E-state index in [1.165, 1.54) is 19.3 Å². The highest BCUT2D eigenvalue weighted by Crippen LogP contribution is 2.44. The average Bonchev–Trinajstić information content (AvgIpc) is 2.62. The van der Waals surface area contributed by atoms with Crippen molar-refractivity contribution in [2.45, 2.75) is 89.5 Å². The number of carboxylic acids is 1. The number of carbonyl (C=O) groups is 2. The number of hydrogen-bond acceptors (Lipinski definition) is 2. The molecule has 0 radical (unpaired) electrons. The fraction of sp³-hybridized carbons (Fsp3) is 0.900. The van der Waals surface area contributed by atoms with Gasteiger partial charge in [0.2, 0.25) is 5.91 Å². The van der Waals surface area contributed by atoms with Crippen LogP contribution in [0.2, 0.25) is 0 Å². The van der Waals surface area contributed by atoms with Crippen molar-refractivity contribution in [1.29, 1.82) is 0 Å². The first kappa shape index (κ1) is 17.8. The summed E-state index contributed by atoms with van der Waals surface area (Å²) >= 11 is 0. The molecule has 0 aliphatic heterocycles. The predicted octanol–water partition coefficient (Wildman–Crippen LogP) is 4.13. The van der Waals surface area contributed by atoms with Crippen LogP contribution in [-0.4, -0.2) is 23.0 Å². The summed E-state index contributed by atoms with van der Waals surface area (Å²) in [7, 11) is 0. The highest BCUT2D eigenvalue weighted by atomic mass is 16.4. The number of aliphatic carboxylic acids is 1. The Hall–Kier alpha value is -1.06. The Balaban J connectivity index is 1.67. The third kappa shape index (κ3) is 4.12. The molecule has 2 N–H and O–H groups in total. The number of rotatable bonds is 4. The summed E-state index contributed by atoms with van der Waals surface area (Å²) in [5, 5.41) is 12.9. The van der Waals surface area contributed by atoms with Crippen molar-refractivity contribution < 1.29 is 14.7 Å². The lowest BCUT2D eigenvalue weighted by Gasteiger charge is -2.41. The second-order valence-corrected chi connectivity index (χ2v) is 8.29. The first-order valence-corrected chi connectivity index (χ1v) is 10.2. The van der Waals surface area contributed by atoms with Gasteiger partial charge in [0.1, 0.15) is 0 Å². The van der Waals surface area contributed by atoms with E-state index in [1.807, 2.05) is 0 Å². The highest BCUT2D eigenvalue weighted by Gasteiger charge is 2.42. The lowest BCUT2D eigenvalue weighted by atomic mass is 9.63. The minimum Gasteiger partial charge on any atom is -0.481 e. The van der Waals surface area contributed by atoms with Gasteiger partial charge >= 0.3 is 5.97 Å². The third-order valence-corrected chi connectivity index (χ3v) is 6.79. The van der Waals surface area contributed by atoms with Gasteiger partial charge in [0.05, 0.1) is 5.92 Å². The molecule has 3 rings (SSSR count). The van der Waals surface area contributed by atoms with Crippen molar-refractivity contribution in [3.8, 4) is 0 Å². The van der Waals surface area contributed by atoms with Crippen LogP contribution in [-0.2, 0) is 9.59 Å². The monoisotopic (exact) mass is 335 g/mol. The predicted molar refractivity (Wildman–Crippen MR) is 93.5 cm³/mol. The van der Waals surface area contributed by atoms with Gasteiger partial charge in [-0.2, -0.15) is 0 Å². The first-order valence-electron chi connectivity index (χ1n) is 10.2. The maximum atomic E-state index is 12.9. The molecule has 3 aliphatic carbocycles. The van der Waals surface area contributed by atoms with Crippen molar-refractivity contribution in [3.63, 3.8) is 0 Å². The Morgan fingerprint density at radius 2 is 1.17 bits per heavy atom. The van der Waals surface area contributed by atoms with Crippen molar-refractivity contribution >= 4 is 11.9 Å². The summed E-state index contributed by atoms with van der Waals surface area (Å²) in [4.78, 5) is 24.6. The molecule has 24 heavy (non-hydrogen) atoms. The normalized spacial score (nSPS) is 35.3. The van der Waals surface area contributed by atoms with Gasteiger partial charge < -0.3 is 10.4 Å². The fourth-order valence-corrected chi connectivity index (χ4v) is 5.53. The molecular formula is C20H33NO3. The second kappa shape index (κ2) is 8.35. The third-order valence-electron chi connectivity index (χ3n) is 6.79. The molecule has 4 unspecified atom stereocenters. The fourth-order valence-electron chi connectivity index (χ4n) is 5.53. The topological polar surface area (TPSA) is 66.4 Å². The number of carbonyl (C=O) groups excluding carboxylic acids is 1. The van der Waals surface area contributed by atoms with Crippen LogP contribution in [0, 0.1) is 23.7 Å². The van der Waals surface area contributed by atoms with E-state index in [1.54, 1.807) is 0 Å². The smallest absolute Gasteiger partial charge is 0.306 e. The lowest BCUT2D eigenvalue weighted by molar-refractivity contribution is -0.148. The van der Waals surface area contributed by atoms with Crippen LogP contribution in [0.5, 0.6) is 0 Å². The molecule has 0 aromatic carbocycles. The average molecular weight is 335 g/mol. The van der Waals surface area contributed by atoms with Crippen LogP contribution in [0.1, 0.15) is 83.5 Å². The van der Waals surface area contributed by atoms with E-state index in [0.29, 0.717) is 6.04 Å². The molecule has 4 atom stereocenters. The molecule has 3 saturated carbocycles. The van der Waals surface area contributed by atoms with E-state index in [9.17, 15) is 14.7 Å². The van der Waals surface area contributed by atoms with Crippen LogP contribution in [0.15, 0.2) is 0 Å². The maximum absolute atomic E-state index is 12.9. The molecule has 0 heterocycles. The molecule has 0 spiro atoms. The van der Waals surface area contributed by atoms with Gasteiger partial charge in [-0.1, -0.05) is 44.9 Å². The maximum Gasteiger partial charge on any atom is 0.306 e. The van der Waals surface area contributed by atoms with E-state index in [-0.39, 0.29) is 29.6 Å². The summed E-state index contributed by atoms with van der Waals surface area (Å²) in [5.74, 6) is -0.113. The Morgan fingerprint density at radius 3 is 1.79 bits per heavy atom. The Labute approximate surface area is 145 Å². The van der Waals surface area contributed by atoms with Gasteiger partial charge in [-0.25, -0.2) is 0 Å². The molecule has 4 nitrogen and oxygen atoms in total. The minimum absolute atomic E-state index is 0.0469. The van der Waals surface area contributed by atoms with Gasteiger partial charge in [0.15, 0.2) is 0 Å². The molecule has 1 amide bonds. The largest absolute Gasteiger partial charge is 0.481 e. The number of nitrogens with one attached hydrogen (secondary N) is 1. The molecule has 3 fully saturated rings. The van der Waals surface area contributed by atoms with E-state index in [4.69, 9.17) is 0 Å². The molecule has 4 heteroatoms. The zero-order valence-electron chi connectivity index (χ0n) is 14.8. The van der Waals surface area contributed by atoms with E-state index in [2.05, 4.69) is 5.32 Å². The van der Waals surface area contributed by atoms with E-state index >= 15 is 0 Å². The van der Waals surface area contributed by atoms with Crippen LogP contribution >= 0.6 is 0 Å². The second-order valence-electron chi connectivity index (χ2n) is 8.29. The summed E-state index contributed by atoms with van der Waals surface area (Å²) in [6.45, 7) is 0. The SMILES string of the molecule is O=C(O)C1CCCCC1C1CCCCC1C(=O)NC1CCCCC1. The summed E-state index contributed by atoms with van der Waals surface area (Å²) < 4.78 is 0. The van der Waals surface area contributed by atoms with Crippen molar-refractivity contribution in [3.05, 3.63) is 0 Å². The molecule has 0 aromatic rings. The van der Waals surface area contributed by atoms with Gasteiger partial charge in [-0.05, 0) is 50.4 Å². The summed E-state index contributed by atoms with van der Waals surface area (Å²) in [6.07, 6.45) is 14.2. The van der Waals surface area contributed by atoms with Crippen LogP contribution < -0.4 is 5.32 Å².